The largest absolute Gasteiger partial charge is 0.457 e. The molecule has 0 radical (unpaired) electrons. The summed E-state index contributed by atoms with van der Waals surface area (Å²) in [4.78, 5) is 2.50. The molecule has 1 heterocycles. The highest BCUT2D eigenvalue weighted by Crippen LogP contribution is 2.63. The lowest BCUT2D eigenvalue weighted by molar-refractivity contribution is 0.436. The first-order chi connectivity index (χ1) is 34.2. The number of hydrogen-bond donors (Lipinski definition) is 0. The van der Waals surface area contributed by atoms with E-state index >= 15 is 0 Å². The molecule has 0 saturated carbocycles. The van der Waals surface area contributed by atoms with Crippen molar-refractivity contribution >= 4 is 17.1 Å². The molecule has 0 fully saturated rings. The predicted molar refractivity (Wildman–Crippen MR) is 286 cm³/mol. The normalized spacial score (nSPS) is 12.6. The van der Waals surface area contributed by atoms with Crippen LogP contribution < -0.4 is 9.64 Å². The number of fused-ring (bicyclic) bond motifs is 9. The maximum atomic E-state index is 6.76. The summed E-state index contributed by atoms with van der Waals surface area (Å²) in [5.74, 6) is 1.75. The van der Waals surface area contributed by atoms with E-state index in [1.807, 2.05) is 0 Å². The third kappa shape index (κ3) is 6.64. The number of hydrogen-bond acceptors (Lipinski definition) is 2. The van der Waals surface area contributed by atoms with Gasteiger partial charge in [0, 0.05) is 28.1 Å². The monoisotopic (exact) mass is 879 g/mol. The zero-order valence-corrected chi connectivity index (χ0v) is 37.8. The molecule has 0 amide bonds. The van der Waals surface area contributed by atoms with Crippen molar-refractivity contribution in [2.45, 2.75) is 5.41 Å². The molecule has 1 aliphatic carbocycles. The smallest absolute Gasteiger partial charge is 0.132 e. The predicted octanol–water partition coefficient (Wildman–Crippen LogP) is 18.0. The summed E-state index contributed by atoms with van der Waals surface area (Å²) in [5.41, 5.74) is 21.4. The summed E-state index contributed by atoms with van der Waals surface area (Å²) >= 11 is 0. The van der Waals surface area contributed by atoms with Crippen LogP contribution in [0.5, 0.6) is 11.5 Å². The van der Waals surface area contributed by atoms with Gasteiger partial charge in [-0.2, -0.15) is 0 Å². The molecule has 2 heteroatoms. The van der Waals surface area contributed by atoms with Gasteiger partial charge in [0.2, 0.25) is 0 Å². The van der Waals surface area contributed by atoms with Crippen LogP contribution in [0.4, 0.5) is 17.1 Å². The Morgan fingerprint density at radius 3 is 1.26 bits per heavy atom. The number of para-hydroxylation sites is 3. The van der Waals surface area contributed by atoms with Gasteiger partial charge in [-0.25, -0.2) is 0 Å². The van der Waals surface area contributed by atoms with Crippen molar-refractivity contribution < 1.29 is 4.74 Å². The Labute approximate surface area is 403 Å². The molecule has 0 aromatic heterocycles. The standard InChI is InChI=1S/C67H45NO/c1-4-22-46(23-5-1)49-42-50(47-24-6-2-7-25-47)44-52(43-49)68(64-37-19-15-33-59(64)56-31-13-12-30-55(56)54-29-11-10-28-53(54)48-26-8-3-9-27-48)51-40-41-58-57-32-14-16-34-60(57)67(63(58)45-51)61-35-17-20-38-65(61)69-66-39-21-18-36-62(66)67/h1-45H. The number of nitrogens with zero attached hydrogens (tertiary/aromatic N) is 1. The first-order valence-corrected chi connectivity index (χ1v) is 23.7. The average molecular weight is 880 g/mol. The van der Waals surface area contributed by atoms with Crippen molar-refractivity contribution in [3.8, 4) is 78.3 Å². The van der Waals surface area contributed by atoms with E-state index < -0.39 is 5.41 Å². The Hall–Kier alpha value is -8.98. The molecule has 2 aliphatic rings. The van der Waals surface area contributed by atoms with Crippen LogP contribution in [-0.2, 0) is 5.41 Å². The maximum Gasteiger partial charge on any atom is 0.132 e. The topological polar surface area (TPSA) is 12.5 Å². The van der Waals surface area contributed by atoms with Gasteiger partial charge in [-0.15, -0.1) is 0 Å². The van der Waals surface area contributed by atoms with Gasteiger partial charge in [0.25, 0.3) is 0 Å². The van der Waals surface area contributed by atoms with E-state index in [1.165, 1.54) is 44.5 Å². The molecule has 0 bridgehead atoms. The van der Waals surface area contributed by atoms with Gasteiger partial charge >= 0.3 is 0 Å². The molecule has 1 spiro atoms. The van der Waals surface area contributed by atoms with Crippen LogP contribution in [0.2, 0.25) is 0 Å². The van der Waals surface area contributed by atoms with Crippen molar-refractivity contribution in [2.24, 2.45) is 0 Å². The minimum atomic E-state index is -0.632. The Bertz CT molecular complexity index is 3600. The van der Waals surface area contributed by atoms with E-state index in [4.69, 9.17) is 4.74 Å². The second-order valence-corrected chi connectivity index (χ2v) is 17.9. The maximum absolute atomic E-state index is 6.76. The highest BCUT2D eigenvalue weighted by molar-refractivity contribution is 5.99. The molecule has 0 saturated heterocycles. The fourth-order valence-electron chi connectivity index (χ4n) is 11.2. The SMILES string of the molecule is c1ccc(-c2cc(-c3ccccc3)cc(N(c3ccc4c(c3)C3(c5ccccc5Oc5ccccc53)c3ccccc3-4)c3ccccc3-c3ccccc3-c3ccccc3-c3ccccc3)c2)cc1. The van der Waals surface area contributed by atoms with E-state index in [1.54, 1.807) is 0 Å². The minimum Gasteiger partial charge on any atom is -0.457 e. The van der Waals surface area contributed by atoms with E-state index in [0.29, 0.717) is 0 Å². The molecular weight excluding hydrogens is 835 g/mol. The van der Waals surface area contributed by atoms with Gasteiger partial charge in [-0.3, -0.25) is 0 Å². The van der Waals surface area contributed by atoms with E-state index in [2.05, 4.69) is 278 Å². The average Bonchev–Trinajstić information content (AvgIpc) is 3.71. The van der Waals surface area contributed by atoms with Crippen LogP contribution >= 0.6 is 0 Å². The Morgan fingerprint density at radius 2 is 0.667 bits per heavy atom. The number of ether oxygens (including phenoxy) is 1. The first-order valence-electron chi connectivity index (χ1n) is 23.7. The van der Waals surface area contributed by atoms with Gasteiger partial charge in [0.1, 0.15) is 11.5 Å². The van der Waals surface area contributed by atoms with Gasteiger partial charge in [-0.1, -0.05) is 224 Å². The number of anilines is 3. The third-order valence-corrected chi connectivity index (χ3v) is 14.1. The second-order valence-electron chi connectivity index (χ2n) is 17.9. The summed E-state index contributed by atoms with van der Waals surface area (Å²) in [6.45, 7) is 0. The van der Waals surface area contributed by atoms with Crippen LogP contribution in [0.1, 0.15) is 22.3 Å². The van der Waals surface area contributed by atoms with Gasteiger partial charge in [-0.05, 0) is 121 Å². The van der Waals surface area contributed by atoms with Crippen LogP contribution in [0.15, 0.2) is 273 Å². The van der Waals surface area contributed by atoms with Crippen molar-refractivity contribution in [3.63, 3.8) is 0 Å². The molecule has 324 valence electrons. The van der Waals surface area contributed by atoms with Gasteiger partial charge in [0.15, 0.2) is 0 Å². The van der Waals surface area contributed by atoms with Crippen LogP contribution in [-0.4, -0.2) is 0 Å². The van der Waals surface area contributed by atoms with E-state index in [-0.39, 0.29) is 0 Å². The molecule has 1 aliphatic heterocycles. The number of benzene rings is 11. The zero-order valence-electron chi connectivity index (χ0n) is 37.8. The van der Waals surface area contributed by atoms with Crippen LogP contribution in [0, 0.1) is 0 Å². The highest BCUT2D eigenvalue weighted by atomic mass is 16.5. The molecule has 0 N–H and O–H groups in total. The van der Waals surface area contributed by atoms with Crippen molar-refractivity contribution in [1.29, 1.82) is 0 Å². The van der Waals surface area contributed by atoms with E-state index in [9.17, 15) is 0 Å². The van der Waals surface area contributed by atoms with Gasteiger partial charge < -0.3 is 9.64 Å². The number of rotatable bonds is 8. The summed E-state index contributed by atoms with van der Waals surface area (Å²) < 4.78 is 6.76. The molecule has 11 aromatic rings. The molecule has 0 atom stereocenters. The first kappa shape index (κ1) is 40.3. The molecule has 11 aromatic carbocycles. The van der Waals surface area contributed by atoms with Crippen molar-refractivity contribution in [1.82, 2.24) is 0 Å². The fraction of sp³-hybridized carbons (Fsp3) is 0.0149. The summed E-state index contributed by atoms with van der Waals surface area (Å²) in [6, 6.07) is 99.3. The minimum absolute atomic E-state index is 0.632. The van der Waals surface area contributed by atoms with Gasteiger partial charge in [0.05, 0.1) is 11.1 Å². The lowest BCUT2D eigenvalue weighted by Crippen LogP contribution is -2.32. The zero-order chi connectivity index (χ0) is 45.7. The van der Waals surface area contributed by atoms with Crippen LogP contribution in [0.3, 0.4) is 0 Å². The summed E-state index contributed by atoms with van der Waals surface area (Å²) in [7, 11) is 0. The van der Waals surface area contributed by atoms with E-state index in [0.717, 1.165) is 73.1 Å². The molecule has 2 nitrogen and oxygen atoms in total. The quantitative estimate of drug-likeness (QED) is 0.151. The van der Waals surface area contributed by atoms with Crippen molar-refractivity contribution in [3.05, 3.63) is 295 Å². The Kier molecular flexibility index (Phi) is 9.77. The lowest BCUT2D eigenvalue weighted by atomic mass is 9.66. The molecule has 13 rings (SSSR count). The molecule has 0 unspecified atom stereocenters. The Morgan fingerprint density at radius 1 is 0.246 bits per heavy atom. The highest BCUT2D eigenvalue weighted by Gasteiger charge is 2.51. The Balaban J connectivity index is 1.10. The fourth-order valence-corrected chi connectivity index (χ4v) is 11.2. The lowest BCUT2D eigenvalue weighted by Gasteiger charge is -2.39. The van der Waals surface area contributed by atoms with Crippen LogP contribution in [0.25, 0.3) is 66.8 Å². The van der Waals surface area contributed by atoms with Crippen molar-refractivity contribution in [2.75, 3.05) is 4.90 Å². The third-order valence-electron chi connectivity index (χ3n) is 14.1. The summed E-state index contributed by atoms with van der Waals surface area (Å²) in [5, 5.41) is 0. The second kappa shape index (κ2) is 16.7. The summed E-state index contributed by atoms with van der Waals surface area (Å²) in [6.07, 6.45) is 0. The molecule has 69 heavy (non-hydrogen) atoms. The molecular formula is C67H45NO.